The number of halogens is 2. The fourth-order valence-corrected chi connectivity index (χ4v) is 3.91. The summed E-state index contributed by atoms with van der Waals surface area (Å²) < 4.78 is 28.4. The zero-order valence-electron chi connectivity index (χ0n) is 14.6. The van der Waals surface area contributed by atoms with Crippen molar-refractivity contribution in [1.82, 2.24) is 0 Å². The molecule has 0 saturated heterocycles. The molecule has 2 aromatic rings. The standard InChI is InChI=1S/C21H20F2N2O/c1-21(2)10-17-19(18(26)11-21)20(13-9-12(22)7-8-14(13)23)25-16-6-4-3-5-15(16)24-17/h3-10,19-20,24-25H,11H2,1-2H3. The first-order valence-corrected chi connectivity index (χ1v) is 8.67. The number of anilines is 2. The normalized spacial score (nSPS) is 23.7. The molecule has 134 valence electrons. The largest absolute Gasteiger partial charge is 0.375 e. The topological polar surface area (TPSA) is 41.1 Å². The van der Waals surface area contributed by atoms with Crippen LogP contribution in [-0.2, 0) is 4.79 Å². The van der Waals surface area contributed by atoms with Gasteiger partial charge in [-0.25, -0.2) is 8.78 Å². The molecule has 0 spiro atoms. The number of carbonyl (C=O) groups is 1. The predicted octanol–water partition coefficient (Wildman–Crippen LogP) is 5.04. The minimum Gasteiger partial charge on any atom is -0.375 e. The number of nitrogens with one attached hydrogen (secondary N) is 2. The van der Waals surface area contributed by atoms with Crippen LogP contribution in [0.5, 0.6) is 0 Å². The molecule has 26 heavy (non-hydrogen) atoms. The molecule has 2 atom stereocenters. The van der Waals surface area contributed by atoms with Crippen LogP contribution in [0.2, 0.25) is 0 Å². The summed E-state index contributed by atoms with van der Waals surface area (Å²) in [5.41, 5.74) is 2.17. The van der Waals surface area contributed by atoms with Crippen molar-refractivity contribution in [1.29, 1.82) is 0 Å². The van der Waals surface area contributed by atoms with Gasteiger partial charge in [-0.3, -0.25) is 4.79 Å². The molecule has 1 aliphatic heterocycles. The average Bonchev–Trinajstić information content (AvgIpc) is 2.72. The molecule has 4 rings (SSSR count). The number of fused-ring (bicyclic) bond motifs is 2. The highest BCUT2D eigenvalue weighted by Gasteiger charge is 2.42. The van der Waals surface area contributed by atoms with Crippen LogP contribution >= 0.6 is 0 Å². The minimum absolute atomic E-state index is 0.00830. The number of Topliss-reactive ketones (excluding diaryl/α,β-unsaturated/α-hetero) is 1. The summed E-state index contributed by atoms with van der Waals surface area (Å²) in [6, 6.07) is 10.2. The molecule has 2 unspecified atom stereocenters. The zero-order valence-corrected chi connectivity index (χ0v) is 14.6. The Morgan fingerprint density at radius 2 is 1.81 bits per heavy atom. The Balaban J connectivity index is 1.92. The summed E-state index contributed by atoms with van der Waals surface area (Å²) in [6.07, 6.45) is 2.39. The van der Waals surface area contributed by atoms with Gasteiger partial charge >= 0.3 is 0 Å². The Hall–Kier alpha value is -2.69. The Bertz CT molecular complexity index is 920. The van der Waals surface area contributed by atoms with Gasteiger partial charge in [-0.1, -0.05) is 32.1 Å². The maximum Gasteiger partial charge on any atom is 0.145 e. The molecular formula is C21H20F2N2O. The van der Waals surface area contributed by atoms with Crippen molar-refractivity contribution in [3.8, 4) is 0 Å². The Kier molecular flexibility index (Phi) is 3.83. The van der Waals surface area contributed by atoms with Crippen molar-refractivity contribution in [2.24, 2.45) is 11.3 Å². The number of allylic oxidation sites excluding steroid dienone is 1. The van der Waals surface area contributed by atoms with Gasteiger partial charge in [0, 0.05) is 17.7 Å². The van der Waals surface area contributed by atoms with Crippen molar-refractivity contribution in [3.63, 3.8) is 0 Å². The first-order valence-electron chi connectivity index (χ1n) is 8.67. The molecule has 0 radical (unpaired) electrons. The first-order chi connectivity index (χ1) is 12.3. The van der Waals surface area contributed by atoms with Crippen LogP contribution in [0.3, 0.4) is 0 Å². The minimum atomic E-state index is -0.684. The Labute approximate surface area is 151 Å². The molecule has 0 fully saturated rings. The molecular weight excluding hydrogens is 334 g/mol. The van der Waals surface area contributed by atoms with E-state index in [9.17, 15) is 13.6 Å². The molecule has 2 aromatic carbocycles. The lowest BCUT2D eigenvalue weighted by Gasteiger charge is -2.35. The van der Waals surface area contributed by atoms with Crippen molar-refractivity contribution < 1.29 is 13.6 Å². The Morgan fingerprint density at radius 1 is 1.08 bits per heavy atom. The molecule has 1 aliphatic carbocycles. The third kappa shape index (κ3) is 2.87. The van der Waals surface area contributed by atoms with E-state index in [4.69, 9.17) is 0 Å². The molecule has 1 heterocycles. The van der Waals surface area contributed by atoms with Crippen LogP contribution in [0.15, 0.2) is 54.2 Å². The van der Waals surface area contributed by atoms with Gasteiger partial charge in [0.25, 0.3) is 0 Å². The molecule has 0 amide bonds. The lowest BCUT2D eigenvalue weighted by Crippen LogP contribution is -2.37. The van der Waals surface area contributed by atoms with E-state index in [1.54, 1.807) is 0 Å². The highest BCUT2D eigenvalue weighted by Crippen LogP contribution is 2.45. The smallest absolute Gasteiger partial charge is 0.145 e. The lowest BCUT2D eigenvalue weighted by atomic mass is 9.72. The number of para-hydroxylation sites is 2. The van der Waals surface area contributed by atoms with Gasteiger partial charge in [-0.2, -0.15) is 0 Å². The number of carbonyl (C=O) groups excluding carboxylic acids is 1. The van der Waals surface area contributed by atoms with E-state index in [2.05, 4.69) is 10.6 Å². The van der Waals surface area contributed by atoms with E-state index in [1.165, 1.54) is 6.07 Å². The average molecular weight is 354 g/mol. The van der Waals surface area contributed by atoms with Crippen LogP contribution < -0.4 is 10.6 Å². The van der Waals surface area contributed by atoms with Gasteiger partial charge in [-0.15, -0.1) is 0 Å². The molecule has 0 bridgehead atoms. The van der Waals surface area contributed by atoms with Crippen LogP contribution in [0.1, 0.15) is 31.9 Å². The molecule has 3 nitrogen and oxygen atoms in total. The summed E-state index contributed by atoms with van der Waals surface area (Å²) in [5.74, 6) is -1.65. The molecule has 2 aliphatic rings. The van der Waals surface area contributed by atoms with Gasteiger partial charge in [0.15, 0.2) is 0 Å². The van der Waals surface area contributed by atoms with Crippen molar-refractivity contribution >= 4 is 17.2 Å². The zero-order chi connectivity index (χ0) is 18.5. The summed E-state index contributed by atoms with van der Waals surface area (Å²) in [5, 5.41) is 6.61. The van der Waals surface area contributed by atoms with Crippen LogP contribution in [0.4, 0.5) is 20.2 Å². The van der Waals surface area contributed by atoms with Crippen LogP contribution in [-0.4, -0.2) is 5.78 Å². The number of ketones is 1. The number of hydrogen-bond donors (Lipinski definition) is 2. The SMILES string of the molecule is CC1(C)C=C2Nc3ccccc3NC(c3cc(F)ccc3F)C2C(=O)C1. The van der Waals surface area contributed by atoms with Gasteiger partial charge in [0.2, 0.25) is 0 Å². The van der Waals surface area contributed by atoms with E-state index >= 15 is 0 Å². The highest BCUT2D eigenvalue weighted by molar-refractivity contribution is 5.90. The third-order valence-corrected chi connectivity index (χ3v) is 5.00. The molecule has 0 saturated carbocycles. The highest BCUT2D eigenvalue weighted by atomic mass is 19.1. The fourth-order valence-electron chi connectivity index (χ4n) is 3.91. The van der Waals surface area contributed by atoms with Crippen LogP contribution in [0.25, 0.3) is 0 Å². The van der Waals surface area contributed by atoms with Gasteiger partial charge in [0.05, 0.1) is 23.3 Å². The second-order valence-electron chi connectivity index (χ2n) is 7.67. The maximum atomic E-state index is 14.5. The quantitative estimate of drug-likeness (QED) is 0.754. The van der Waals surface area contributed by atoms with E-state index in [0.29, 0.717) is 6.42 Å². The van der Waals surface area contributed by atoms with Gasteiger partial charge in [-0.05, 0) is 35.7 Å². The predicted molar refractivity (Wildman–Crippen MR) is 97.8 cm³/mol. The first kappa shape index (κ1) is 16.8. The molecule has 2 N–H and O–H groups in total. The van der Waals surface area contributed by atoms with Crippen molar-refractivity contribution in [2.75, 3.05) is 10.6 Å². The second-order valence-corrected chi connectivity index (χ2v) is 7.67. The van der Waals surface area contributed by atoms with Crippen molar-refractivity contribution in [3.05, 3.63) is 71.4 Å². The van der Waals surface area contributed by atoms with E-state index in [0.717, 1.165) is 29.2 Å². The van der Waals surface area contributed by atoms with E-state index in [1.807, 2.05) is 44.2 Å². The lowest BCUT2D eigenvalue weighted by molar-refractivity contribution is -0.124. The van der Waals surface area contributed by atoms with Gasteiger partial charge in [0.1, 0.15) is 17.4 Å². The summed E-state index contributed by atoms with van der Waals surface area (Å²) in [6.45, 7) is 4.00. The Morgan fingerprint density at radius 3 is 2.58 bits per heavy atom. The summed E-state index contributed by atoms with van der Waals surface area (Å²) in [4.78, 5) is 13.0. The fraction of sp³-hybridized carbons (Fsp3) is 0.286. The summed E-state index contributed by atoms with van der Waals surface area (Å²) in [7, 11) is 0. The van der Waals surface area contributed by atoms with Crippen molar-refractivity contribution in [2.45, 2.75) is 26.3 Å². The van der Waals surface area contributed by atoms with Crippen LogP contribution in [0, 0.1) is 23.0 Å². The third-order valence-electron chi connectivity index (χ3n) is 5.00. The second kappa shape index (κ2) is 5.94. The number of rotatable bonds is 1. The maximum absolute atomic E-state index is 14.5. The van der Waals surface area contributed by atoms with Gasteiger partial charge < -0.3 is 10.6 Å². The monoisotopic (exact) mass is 354 g/mol. The number of hydrogen-bond acceptors (Lipinski definition) is 3. The summed E-state index contributed by atoms with van der Waals surface area (Å²) >= 11 is 0. The van der Waals surface area contributed by atoms with E-state index < -0.39 is 23.6 Å². The molecule has 0 aromatic heterocycles. The van der Waals surface area contributed by atoms with E-state index in [-0.39, 0.29) is 16.8 Å². The number of benzene rings is 2. The molecule has 5 heteroatoms.